The molecule has 0 unspecified atom stereocenters. The molecule has 0 spiro atoms. The summed E-state index contributed by atoms with van der Waals surface area (Å²) < 4.78 is 1.49. The van der Waals surface area contributed by atoms with E-state index >= 15 is 0 Å². The van der Waals surface area contributed by atoms with Crippen LogP contribution < -0.4 is 5.73 Å². The highest BCUT2D eigenvalue weighted by atomic mass is 35.5. The molecule has 116 valence electrons. The smallest absolute Gasteiger partial charge is 0.356 e. The summed E-state index contributed by atoms with van der Waals surface area (Å²) >= 11 is 6.06. The molecule has 0 bridgehead atoms. The number of nitrogen functional groups attached to an aromatic ring is 1. The van der Waals surface area contributed by atoms with Gasteiger partial charge in [0.05, 0.1) is 17.1 Å². The first-order valence-electron chi connectivity index (χ1n) is 6.64. The van der Waals surface area contributed by atoms with Crippen LogP contribution in [0.2, 0.25) is 5.02 Å². The predicted octanol–water partition coefficient (Wildman–Crippen LogP) is 2.57. The van der Waals surface area contributed by atoms with Crippen LogP contribution in [0.1, 0.15) is 16.1 Å². The number of aromatic nitrogens is 4. The lowest BCUT2D eigenvalue weighted by atomic mass is 10.2. The summed E-state index contributed by atoms with van der Waals surface area (Å²) in [6.07, 6.45) is 1.50. The van der Waals surface area contributed by atoms with Gasteiger partial charge in [0.15, 0.2) is 5.69 Å². The monoisotopic (exact) mass is 329 g/mol. The molecule has 1 aromatic carbocycles. The van der Waals surface area contributed by atoms with Gasteiger partial charge in [-0.25, -0.2) is 19.4 Å². The number of carboxylic acids is 1. The number of carboxylic acid groups (broad SMARTS) is 1. The third-order valence-corrected chi connectivity index (χ3v) is 3.50. The highest BCUT2D eigenvalue weighted by Crippen LogP contribution is 2.26. The summed E-state index contributed by atoms with van der Waals surface area (Å²) in [4.78, 5) is 19.3. The molecule has 0 aliphatic carbocycles. The van der Waals surface area contributed by atoms with E-state index in [4.69, 9.17) is 17.3 Å². The first kappa shape index (κ1) is 15.0. The van der Waals surface area contributed by atoms with E-state index in [1.807, 2.05) is 13.0 Å². The van der Waals surface area contributed by atoms with Crippen molar-refractivity contribution in [2.75, 3.05) is 5.73 Å². The standard InChI is InChI=1S/C15H12ClN5O2/c1-8-2-3-9(16)6-12(8)21-13(7-11(20-21)14(22)23)10-4-5-18-15(17)19-10/h2-7H,1H3,(H,22,23)(H2,17,18,19). The van der Waals surface area contributed by atoms with Crippen molar-refractivity contribution in [3.05, 3.63) is 52.8 Å². The molecule has 8 heteroatoms. The van der Waals surface area contributed by atoms with E-state index < -0.39 is 5.97 Å². The van der Waals surface area contributed by atoms with Crippen molar-refractivity contribution in [2.24, 2.45) is 0 Å². The fourth-order valence-corrected chi connectivity index (χ4v) is 2.35. The summed E-state index contributed by atoms with van der Waals surface area (Å²) in [5.41, 5.74) is 8.02. The second kappa shape index (κ2) is 5.69. The third-order valence-electron chi connectivity index (χ3n) is 3.26. The zero-order valence-corrected chi connectivity index (χ0v) is 12.8. The number of hydrogen-bond donors (Lipinski definition) is 2. The summed E-state index contributed by atoms with van der Waals surface area (Å²) in [6, 6.07) is 8.37. The normalized spacial score (nSPS) is 10.7. The second-order valence-corrected chi connectivity index (χ2v) is 5.30. The molecule has 2 aromatic heterocycles. The van der Waals surface area contributed by atoms with Crippen molar-refractivity contribution in [3.8, 4) is 17.1 Å². The maximum Gasteiger partial charge on any atom is 0.356 e. The largest absolute Gasteiger partial charge is 0.476 e. The SMILES string of the molecule is Cc1ccc(Cl)cc1-n1nc(C(=O)O)cc1-c1ccnc(N)n1. The number of anilines is 1. The van der Waals surface area contributed by atoms with E-state index in [0.29, 0.717) is 22.1 Å². The van der Waals surface area contributed by atoms with Crippen molar-refractivity contribution in [1.82, 2.24) is 19.7 Å². The van der Waals surface area contributed by atoms with E-state index in [0.717, 1.165) is 5.56 Å². The van der Waals surface area contributed by atoms with Crippen molar-refractivity contribution in [3.63, 3.8) is 0 Å². The van der Waals surface area contributed by atoms with E-state index in [1.165, 1.54) is 16.9 Å². The predicted molar refractivity (Wildman–Crippen MR) is 85.7 cm³/mol. The number of hydrogen-bond acceptors (Lipinski definition) is 5. The zero-order chi connectivity index (χ0) is 16.6. The Labute approximate surface area is 136 Å². The number of rotatable bonds is 3. The fraction of sp³-hybridized carbons (Fsp3) is 0.0667. The lowest BCUT2D eigenvalue weighted by Gasteiger charge is -2.10. The second-order valence-electron chi connectivity index (χ2n) is 4.86. The van der Waals surface area contributed by atoms with Crippen molar-refractivity contribution in [2.45, 2.75) is 6.92 Å². The van der Waals surface area contributed by atoms with E-state index in [1.54, 1.807) is 18.2 Å². The molecule has 0 saturated carbocycles. The van der Waals surface area contributed by atoms with Crippen molar-refractivity contribution >= 4 is 23.5 Å². The summed E-state index contributed by atoms with van der Waals surface area (Å²) in [7, 11) is 0. The Morgan fingerprint density at radius 2 is 2.09 bits per heavy atom. The average Bonchev–Trinajstić information content (AvgIpc) is 2.95. The number of carbonyl (C=O) groups is 1. The first-order valence-corrected chi connectivity index (χ1v) is 7.02. The van der Waals surface area contributed by atoms with Gasteiger partial charge in [-0.3, -0.25) is 0 Å². The van der Waals surface area contributed by atoms with Gasteiger partial charge in [-0.05, 0) is 30.7 Å². The molecule has 0 saturated heterocycles. The van der Waals surface area contributed by atoms with Gasteiger partial charge in [-0.15, -0.1) is 0 Å². The highest BCUT2D eigenvalue weighted by Gasteiger charge is 2.18. The van der Waals surface area contributed by atoms with E-state index in [-0.39, 0.29) is 11.6 Å². The number of nitrogens with two attached hydrogens (primary N) is 1. The Balaban J connectivity index is 2.27. The molecule has 0 radical (unpaired) electrons. The Hall–Kier alpha value is -2.93. The minimum atomic E-state index is -1.13. The maximum atomic E-state index is 11.3. The minimum absolute atomic E-state index is 0.0925. The van der Waals surface area contributed by atoms with E-state index in [9.17, 15) is 9.90 Å². The van der Waals surface area contributed by atoms with Gasteiger partial charge in [0.2, 0.25) is 5.95 Å². The van der Waals surface area contributed by atoms with Crippen LogP contribution in [-0.2, 0) is 0 Å². The van der Waals surface area contributed by atoms with Crippen LogP contribution >= 0.6 is 11.6 Å². The molecule has 2 heterocycles. The fourth-order valence-electron chi connectivity index (χ4n) is 2.18. The first-order chi connectivity index (χ1) is 11.0. The van der Waals surface area contributed by atoms with Crippen LogP contribution in [-0.4, -0.2) is 30.8 Å². The molecular formula is C15H12ClN5O2. The Morgan fingerprint density at radius 1 is 1.30 bits per heavy atom. The highest BCUT2D eigenvalue weighted by molar-refractivity contribution is 6.30. The molecule has 3 aromatic rings. The van der Waals surface area contributed by atoms with Crippen LogP contribution in [0.5, 0.6) is 0 Å². The molecule has 3 rings (SSSR count). The number of halogens is 1. The zero-order valence-electron chi connectivity index (χ0n) is 12.1. The minimum Gasteiger partial charge on any atom is -0.476 e. The van der Waals surface area contributed by atoms with Gasteiger partial charge >= 0.3 is 5.97 Å². The molecule has 0 fully saturated rings. The molecule has 0 aliphatic heterocycles. The Bertz CT molecular complexity index is 907. The lowest BCUT2D eigenvalue weighted by Crippen LogP contribution is -2.05. The van der Waals surface area contributed by atoms with Crippen LogP contribution in [0.25, 0.3) is 17.1 Å². The molecule has 3 N–H and O–H groups in total. The number of aromatic carboxylic acids is 1. The third kappa shape index (κ3) is 2.86. The van der Waals surface area contributed by atoms with Crippen LogP contribution in [0, 0.1) is 6.92 Å². The summed E-state index contributed by atoms with van der Waals surface area (Å²) in [5, 5.41) is 13.9. The van der Waals surface area contributed by atoms with Gasteiger partial charge in [-0.2, -0.15) is 5.10 Å². The van der Waals surface area contributed by atoms with Crippen LogP contribution in [0.15, 0.2) is 36.5 Å². The lowest BCUT2D eigenvalue weighted by molar-refractivity contribution is 0.0690. The summed E-state index contributed by atoms with van der Waals surface area (Å²) in [5.74, 6) is -1.04. The molecule has 0 amide bonds. The van der Waals surface area contributed by atoms with Crippen LogP contribution in [0.3, 0.4) is 0 Å². The van der Waals surface area contributed by atoms with Gasteiger partial charge < -0.3 is 10.8 Å². The number of nitrogens with zero attached hydrogens (tertiary/aromatic N) is 4. The molecule has 0 atom stereocenters. The average molecular weight is 330 g/mol. The summed E-state index contributed by atoms with van der Waals surface area (Å²) in [6.45, 7) is 1.88. The van der Waals surface area contributed by atoms with Gasteiger partial charge in [0.25, 0.3) is 0 Å². The maximum absolute atomic E-state index is 11.3. The molecular weight excluding hydrogens is 318 g/mol. The Morgan fingerprint density at radius 3 is 2.78 bits per heavy atom. The molecule has 0 aliphatic rings. The number of benzene rings is 1. The Kier molecular flexibility index (Phi) is 3.71. The molecule has 23 heavy (non-hydrogen) atoms. The number of aryl methyl sites for hydroxylation is 1. The van der Waals surface area contributed by atoms with Gasteiger partial charge in [0.1, 0.15) is 0 Å². The molecule has 7 nitrogen and oxygen atoms in total. The van der Waals surface area contributed by atoms with Gasteiger partial charge in [-0.1, -0.05) is 17.7 Å². The van der Waals surface area contributed by atoms with Crippen LogP contribution in [0.4, 0.5) is 5.95 Å². The van der Waals surface area contributed by atoms with Crippen molar-refractivity contribution in [1.29, 1.82) is 0 Å². The quantitative estimate of drug-likeness (QED) is 0.764. The van der Waals surface area contributed by atoms with E-state index in [2.05, 4.69) is 15.1 Å². The topological polar surface area (TPSA) is 107 Å². The van der Waals surface area contributed by atoms with Gasteiger partial charge in [0, 0.05) is 17.3 Å². The van der Waals surface area contributed by atoms with Crippen molar-refractivity contribution < 1.29 is 9.90 Å².